The molecule has 32 heavy (non-hydrogen) atoms. The van der Waals surface area contributed by atoms with Gasteiger partial charge in [-0.2, -0.15) is 13.2 Å². The van der Waals surface area contributed by atoms with E-state index in [9.17, 15) is 26.4 Å². The molecule has 0 N–H and O–H groups in total. The average Bonchev–Trinajstić information content (AvgIpc) is 3.54. The van der Waals surface area contributed by atoms with E-state index in [2.05, 4.69) is 0 Å². The number of nitrogens with zero attached hydrogens (tertiary/aromatic N) is 2. The van der Waals surface area contributed by atoms with Crippen molar-refractivity contribution in [1.82, 2.24) is 8.87 Å². The molecule has 0 saturated heterocycles. The lowest BCUT2D eigenvalue weighted by Crippen LogP contribution is -2.51. The predicted octanol–water partition coefficient (Wildman–Crippen LogP) is 3.74. The van der Waals surface area contributed by atoms with Crippen LogP contribution in [-0.2, 0) is 21.2 Å². The van der Waals surface area contributed by atoms with Crippen LogP contribution < -0.4 is 4.74 Å². The van der Waals surface area contributed by atoms with Gasteiger partial charge >= 0.3 is 12.1 Å². The zero-order valence-electron chi connectivity index (χ0n) is 16.7. The van der Waals surface area contributed by atoms with Crippen LogP contribution in [0.15, 0.2) is 59.6 Å². The van der Waals surface area contributed by atoms with Crippen LogP contribution in [0.25, 0.3) is 10.9 Å². The lowest BCUT2D eigenvalue weighted by atomic mass is 10.0. The normalized spacial score (nSPS) is 18.8. The molecule has 6 nitrogen and oxygen atoms in total. The first kappa shape index (κ1) is 20.9. The van der Waals surface area contributed by atoms with E-state index >= 15 is 0 Å². The van der Waals surface area contributed by atoms with Crippen molar-refractivity contribution in [3.8, 4) is 5.75 Å². The van der Waals surface area contributed by atoms with Crippen LogP contribution in [0.4, 0.5) is 13.2 Å². The molecule has 168 valence electrons. The van der Waals surface area contributed by atoms with E-state index in [4.69, 9.17) is 4.74 Å². The van der Waals surface area contributed by atoms with Crippen LogP contribution in [0.3, 0.4) is 0 Å². The predicted molar refractivity (Wildman–Crippen MR) is 110 cm³/mol. The van der Waals surface area contributed by atoms with E-state index in [-0.39, 0.29) is 17.9 Å². The Bertz CT molecular complexity index is 1300. The third-order valence-corrected chi connectivity index (χ3v) is 7.52. The van der Waals surface area contributed by atoms with Gasteiger partial charge in [0, 0.05) is 17.6 Å². The summed E-state index contributed by atoms with van der Waals surface area (Å²) in [6.07, 6.45) is -2.49. The topological polar surface area (TPSA) is 68.6 Å². The Kier molecular flexibility index (Phi) is 4.74. The quantitative estimate of drug-likeness (QED) is 0.590. The van der Waals surface area contributed by atoms with Crippen LogP contribution in [-0.4, -0.2) is 48.1 Å². The average molecular weight is 464 g/mol. The van der Waals surface area contributed by atoms with Crippen molar-refractivity contribution >= 4 is 26.8 Å². The second-order valence-electron chi connectivity index (χ2n) is 8.03. The summed E-state index contributed by atoms with van der Waals surface area (Å²) in [7, 11) is -3.94. The third-order valence-electron chi connectivity index (χ3n) is 5.83. The largest absolute Gasteiger partial charge is 0.491 e. The molecule has 0 radical (unpaired) electrons. The SMILES string of the molecule is O=C(N(C1CC1)C1COc2cccc3c2c(cn3S(=O)(=O)c2ccccc2)C1)C(F)(F)F. The number of alkyl halides is 3. The van der Waals surface area contributed by atoms with Crippen LogP contribution in [0.1, 0.15) is 18.4 Å². The Labute approximate surface area is 182 Å². The summed E-state index contributed by atoms with van der Waals surface area (Å²) < 4.78 is 73.3. The first-order valence-electron chi connectivity index (χ1n) is 10.1. The van der Waals surface area contributed by atoms with E-state index in [1.807, 2.05) is 0 Å². The van der Waals surface area contributed by atoms with Gasteiger partial charge in [0.25, 0.3) is 10.0 Å². The van der Waals surface area contributed by atoms with Crippen molar-refractivity contribution in [2.45, 2.75) is 42.4 Å². The van der Waals surface area contributed by atoms with E-state index in [1.165, 1.54) is 18.3 Å². The first-order valence-corrected chi connectivity index (χ1v) is 11.6. The summed E-state index contributed by atoms with van der Waals surface area (Å²) in [5.74, 6) is -1.50. The highest BCUT2D eigenvalue weighted by Crippen LogP contribution is 2.39. The zero-order valence-corrected chi connectivity index (χ0v) is 17.6. The molecule has 1 atom stereocenters. The summed E-state index contributed by atoms with van der Waals surface area (Å²) in [5, 5.41) is 0.532. The minimum atomic E-state index is -4.99. The minimum Gasteiger partial charge on any atom is -0.491 e. The zero-order chi connectivity index (χ0) is 22.7. The smallest absolute Gasteiger partial charge is 0.471 e. The van der Waals surface area contributed by atoms with E-state index < -0.39 is 34.2 Å². The van der Waals surface area contributed by atoms with Gasteiger partial charge in [-0.1, -0.05) is 24.3 Å². The molecule has 0 bridgehead atoms. The van der Waals surface area contributed by atoms with Crippen LogP contribution in [0, 0.1) is 0 Å². The summed E-state index contributed by atoms with van der Waals surface area (Å²) in [4.78, 5) is 13.1. The van der Waals surface area contributed by atoms with Crippen molar-refractivity contribution in [3.05, 3.63) is 60.3 Å². The van der Waals surface area contributed by atoms with Gasteiger partial charge < -0.3 is 9.64 Å². The standard InChI is InChI=1S/C22H19F3N2O4S/c23-22(24,25)21(28)27(15-9-10-15)16-11-14-12-26(32(29,30)17-5-2-1-3-6-17)18-7-4-8-19(20(14)18)31-13-16/h1-8,12,15-16H,9-11,13H2. The van der Waals surface area contributed by atoms with Crippen LogP contribution >= 0.6 is 0 Å². The maximum Gasteiger partial charge on any atom is 0.471 e. The number of amides is 1. The molecule has 1 fully saturated rings. The Hall–Kier alpha value is -3.01. The molecular formula is C22H19F3N2O4S. The summed E-state index contributed by atoms with van der Waals surface area (Å²) in [5.41, 5.74) is 0.903. The molecule has 1 unspecified atom stereocenters. The molecule has 3 aromatic rings. The lowest BCUT2D eigenvalue weighted by Gasteiger charge is -2.31. The Morgan fingerprint density at radius 1 is 1.03 bits per heavy atom. The molecule has 1 aliphatic carbocycles. The molecule has 2 aromatic carbocycles. The molecule has 2 heterocycles. The maximum atomic E-state index is 13.3. The van der Waals surface area contributed by atoms with Crippen LogP contribution in [0.2, 0.25) is 0 Å². The summed E-state index contributed by atoms with van der Waals surface area (Å²) >= 11 is 0. The minimum absolute atomic E-state index is 0.0587. The van der Waals surface area contributed by atoms with Gasteiger partial charge in [-0.3, -0.25) is 4.79 Å². The molecule has 5 rings (SSSR count). The van der Waals surface area contributed by atoms with Crippen molar-refractivity contribution in [1.29, 1.82) is 0 Å². The van der Waals surface area contributed by atoms with Crippen molar-refractivity contribution in [2.75, 3.05) is 6.61 Å². The van der Waals surface area contributed by atoms with E-state index in [1.54, 1.807) is 36.4 Å². The molecule has 1 aliphatic heterocycles. The van der Waals surface area contributed by atoms with Crippen molar-refractivity contribution in [3.63, 3.8) is 0 Å². The second-order valence-corrected chi connectivity index (χ2v) is 9.84. The van der Waals surface area contributed by atoms with Gasteiger partial charge in [-0.25, -0.2) is 12.4 Å². The first-order chi connectivity index (χ1) is 15.2. The highest BCUT2D eigenvalue weighted by atomic mass is 32.2. The molecule has 1 aromatic heterocycles. The third kappa shape index (κ3) is 3.42. The molecule has 1 amide bonds. The summed E-state index contributed by atoms with van der Waals surface area (Å²) in [6.45, 7) is -0.0997. The highest BCUT2D eigenvalue weighted by molar-refractivity contribution is 7.90. The number of carbonyl (C=O) groups is 1. The molecule has 2 aliphatic rings. The number of aromatic nitrogens is 1. The number of benzene rings is 2. The van der Waals surface area contributed by atoms with Crippen molar-refractivity contribution < 1.29 is 31.1 Å². The monoisotopic (exact) mass is 464 g/mol. The van der Waals surface area contributed by atoms with Crippen LogP contribution in [0.5, 0.6) is 5.75 Å². The molecule has 1 saturated carbocycles. The number of hydrogen-bond donors (Lipinski definition) is 0. The Morgan fingerprint density at radius 2 is 1.75 bits per heavy atom. The number of hydrogen-bond acceptors (Lipinski definition) is 4. The van der Waals surface area contributed by atoms with Gasteiger partial charge in [-0.05, 0) is 49.1 Å². The van der Waals surface area contributed by atoms with Gasteiger partial charge in [0.2, 0.25) is 0 Å². The fourth-order valence-electron chi connectivity index (χ4n) is 4.29. The highest BCUT2D eigenvalue weighted by Gasteiger charge is 2.50. The van der Waals surface area contributed by atoms with E-state index in [0.29, 0.717) is 35.1 Å². The maximum absolute atomic E-state index is 13.3. The van der Waals surface area contributed by atoms with Gasteiger partial charge in [0.05, 0.1) is 16.5 Å². The lowest BCUT2D eigenvalue weighted by molar-refractivity contribution is -0.189. The van der Waals surface area contributed by atoms with Crippen molar-refractivity contribution in [2.24, 2.45) is 0 Å². The van der Waals surface area contributed by atoms with Gasteiger partial charge in [0.1, 0.15) is 12.4 Å². The number of rotatable bonds is 4. The number of halogens is 3. The summed E-state index contributed by atoms with van der Waals surface area (Å²) in [6, 6.07) is 11.5. The van der Waals surface area contributed by atoms with E-state index in [0.717, 1.165) is 8.87 Å². The second kappa shape index (κ2) is 7.26. The molecule has 0 spiro atoms. The van der Waals surface area contributed by atoms with Gasteiger partial charge in [0.15, 0.2) is 0 Å². The number of ether oxygens (including phenoxy) is 1. The number of carbonyl (C=O) groups excluding carboxylic acids is 1. The fourth-order valence-corrected chi connectivity index (χ4v) is 5.69. The Morgan fingerprint density at radius 3 is 2.41 bits per heavy atom. The fraction of sp³-hybridized carbons (Fsp3) is 0.318. The molecular weight excluding hydrogens is 445 g/mol. The van der Waals surface area contributed by atoms with Gasteiger partial charge in [-0.15, -0.1) is 0 Å². The molecule has 10 heteroatoms. The Balaban J connectivity index is 1.60.